The van der Waals surface area contributed by atoms with E-state index < -0.39 is 22.3 Å². The summed E-state index contributed by atoms with van der Waals surface area (Å²) in [5.41, 5.74) is 2.51. The maximum absolute atomic E-state index is 13.5. The third-order valence-electron chi connectivity index (χ3n) is 6.63. The number of fused-ring (bicyclic) bond motifs is 3. The van der Waals surface area contributed by atoms with E-state index in [1.54, 1.807) is 33.2 Å². The first-order chi connectivity index (χ1) is 16.7. The van der Waals surface area contributed by atoms with Crippen LogP contribution in [0.3, 0.4) is 0 Å². The highest BCUT2D eigenvalue weighted by molar-refractivity contribution is 5.97. The largest absolute Gasteiger partial charge is 0.497 e. The summed E-state index contributed by atoms with van der Waals surface area (Å²) in [6.07, 6.45) is -0.576. The van der Waals surface area contributed by atoms with Gasteiger partial charge in [-0.15, -0.1) is 0 Å². The van der Waals surface area contributed by atoms with Crippen LogP contribution in [-0.4, -0.2) is 32.3 Å². The lowest BCUT2D eigenvalue weighted by Crippen LogP contribution is -2.37. The van der Waals surface area contributed by atoms with Gasteiger partial charge in [-0.05, 0) is 24.6 Å². The van der Waals surface area contributed by atoms with Crippen molar-refractivity contribution in [3.05, 3.63) is 90.2 Å². The number of rotatable bonds is 4. The summed E-state index contributed by atoms with van der Waals surface area (Å²) in [6, 6.07) is 12.4. The Balaban J connectivity index is 1.92. The number of ether oxygens (including phenoxy) is 2. The number of aryl methyl sites for hydroxylation is 2. The summed E-state index contributed by atoms with van der Waals surface area (Å²) in [5, 5.41) is 12.0. The van der Waals surface area contributed by atoms with Crippen molar-refractivity contribution in [1.29, 1.82) is 0 Å². The van der Waals surface area contributed by atoms with Crippen LogP contribution in [0.25, 0.3) is 22.2 Å². The van der Waals surface area contributed by atoms with Gasteiger partial charge in [0.25, 0.3) is 11.2 Å². The number of nitro benzene ring substituents is 1. The smallest absolute Gasteiger partial charge is 0.331 e. The summed E-state index contributed by atoms with van der Waals surface area (Å²) in [4.78, 5) is 37.7. The van der Waals surface area contributed by atoms with Crippen molar-refractivity contribution >= 4 is 16.6 Å². The van der Waals surface area contributed by atoms with Crippen LogP contribution in [0.2, 0.25) is 0 Å². The van der Waals surface area contributed by atoms with Crippen molar-refractivity contribution in [2.24, 2.45) is 14.1 Å². The molecule has 0 spiro atoms. The van der Waals surface area contributed by atoms with Crippen LogP contribution >= 0.6 is 0 Å². The summed E-state index contributed by atoms with van der Waals surface area (Å²) >= 11 is 0. The number of aromatic nitrogens is 3. The Kier molecular flexibility index (Phi) is 5.32. The van der Waals surface area contributed by atoms with E-state index >= 15 is 0 Å². The number of hydrogen-bond acceptors (Lipinski definition) is 6. The van der Waals surface area contributed by atoms with Crippen molar-refractivity contribution in [3.8, 4) is 17.0 Å². The van der Waals surface area contributed by atoms with Crippen molar-refractivity contribution in [1.82, 2.24) is 13.7 Å². The Morgan fingerprint density at radius 1 is 1.11 bits per heavy atom. The molecular formula is C25H24N4O6. The molecule has 0 aliphatic carbocycles. The Labute approximate surface area is 199 Å². The normalized spacial score (nSPS) is 15.3. The lowest BCUT2D eigenvalue weighted by molar-refractivity contribution is -0.385. The Hall–Kier alpha value is -4.18. The summed E-state index contributed by atoms with van der Waals surface area (Å²) in [6.45, 7) is 2.44. The molecular weight excluding hydrogens is 452 g/mol. The molecule has 0 radical (unpaired) electrons. The molecule has 1 aliphatic heterocycles. The molecule has 3 heterocycles. The van der Waals surface area contributed by atoms with Gasteiger partial charge in [0.1, 0.15) is 11.9 Å². The van der Waals surface area contributed by atoms with Gasteiger partial charge in [-0.3, -0.25) is 24.0 Å². The van der Waals surface area contributed by atoms with Crippen molar-refractivity contribution < 1.29 is 14.4 Å². The van der Waals surface area contributed by atoms with Crippen LogP contribution in [-0.2, 0) is 25.4 Å². The van der Waals surface area contributed by atoms with Gasteiger partial charge in [0.05, 0.1) is 40.9 Å². The highest BCUT2D eigenvalue weighted by Crippen LogP contribution is 2.41. The molecule has 180 valence electrons. The SMILES string of the molecule is COc1cccc([C@H]2OCCn3c(-c4ccc(C)c([N+](=O)[O-])c4)c4c(=O)n(C)c(=O)n(C)c4c32)c1. The molecule has 0 saturated carbocycles. The van der Waals surface area contributed by atoms with Crippen molar-refractivity contribution in [2.45, 2.75) is 19.6 Å². The number of nitrogens with zero attached hydrogens (tertiary/aromatic N) is 4. The summed E-state index contributed by atoms with van der Waals surface area (Å²) in [5.74, 6) is 0.651. The van der Waals surface area contributed by atoms with E-state index in [-0.39, 0.29) is 5.69 Å². The van der Waals surface area contributed by atoms with E-state index in [1.807, 2.05) is 28.8 Å². The molecule has 4 aromatic rings. The Bertz CT molecular complexity index is 1630. The lowest BCUT2D eigenvalue weighted by Gasteiger charge is -2.28. The number of benzene rings is 2. The fraction of sp³-hybridized carbons (Fsp3) is 0.280. The standard InChI is InChI=1S/C25H24N4O6/c1-14-8-9-15(13-18(14)29(32)33)20-19-21(26(2)25(31)27(3)24(19)30)22-23(35-11-10-28(20)22)16-6-5-7-17(12-16)34-4/h5-9,12-13,23H,10-11H2,1-4H3/t23-/m1/s1. The second-order valence-electron chi connectivity index (χ2n) is 8.60. The monoisotopic (exact) mass is 476 g/mol. The third-order valence-corrected chi connectivity index (χ3v) is 6.63. The number of nitro groups is 1. The highest BCUT2D eigenvalue weighted by atomic mass is 16.6. The Morgan fingerprint density at radius 2 is 1.89 bits per heavy atom. The molecule has 10 heteroatoms. The minimum absolute atomic E-state index is 0.0377. The van der Waals surface area contributed by atoms with E-state index in [0.717, 1.165) is 10.1 Å². The van der Waals surface area contributed by atoms with E-state index in [9.17, 15) is 19.7 Å². The summed E-state index contributed by atoms with van der Waals surface area (Å²) < 4.78 is 16.0. The molecule has 0 bridgehead atoms. The zero-order chi connectivity index (χ0) is 25.0. The number of methoxy groups -OCH3 is 1. The van der Waals surface area contributed by atoms with Gasteiger partial charge >= 0.3 is 5.69 Å². The molecule has 1 atom stereocenters. The zero-order valence-electron chi connectivity index (χ0n) is 19.8. The van der Waals surface area contributed by atoms with Crippen LogP contribution in [0.15, 0.2) is 52.1 Å². The van der Waals surface area contributed by atoms with E-state index in [2.05, 4.69) is 0 Å². The molecule has 0 saturated heterocycles. The van der Waals surface area contributed by atoms with E-state index in [0.29, 0.717) is 52.3 Å². The molecule has 5 rings (SSSR count). The third kappa shape index (κ3) is 3.36. The van der Waals surface area contributed by atoms with Gasteiger partial charge in [0.15, 0.2) is 0 Å². The quantitative estimate of drug-likeness (QED) is 0.331. The minimum Gasteiger partial charge on any atom is -0.497 e. The molecule has 0 amide bonds. The predicted molar refractivity (Wildman–Crippen MR) is 130 cm³/mol. The second kappa shape index (κ2) is 8.24. The highest BCUT2D eigenvalue weighted by Gasteiger charge is 2.33. The fourth-order valence-electron chi connectivity index (χ4n) is 4.89. The van der Waals surface area contributed by atoms with Gasteiger partial charge in [0, 0.05) is 37.8 Å². The Morgan fingerprint density at radius 3 is 2.60 bits per heavy atom. The molecule has 0 N–H and O–H groups in total. The van der Waals surface area contributed by atoms with Crippen LogP contribution in [0.4, 0.5) is 5.69 Å². The van der Waals surface area contributed by atoms with Crippen LogP contribution in [0, 0.1) is 17.0 Å². The van der Waals surface area contributed by atoms with Gasteiger partial charge in [-0.25, -0.2) is 4.79 Å². The summed E-state index contributed by atoms with van der Waals surface area (Å²) in [7, 11) is 4.62. The molecule has 10 nitrogen and oxygen atoms in total. The maximum atomic E-state index is 13.5. The first kappa shape index (κ1) is 22.6. The molecule has 0 unspecified atom stereocenters. The second-order valence-corrected chi connectivity index (χ2v) is 8.60. The fourth-order valence-corrected chi connectivity index (χ4v) is 4.89. The molecule has 35 heavy (non-hydrogen) atoms. The maximum Gasteiger partial charge on any atom is 0.331 e. The van der Waals surface area contributed by atoms with Gasteiger partial charge < -0.3 is 14.0 Å². The molecule has 2 aromatic carbocycles. The van der Waals surface area contributed by atoms with Gasteiger partial charge in [-0.2, -0.15) is 0 Å². The zero-order valence-corrected chi connectivity index (χ0v) is 19.8. The van der Waals surface area contributed by atoms with Crippen molar-refractivity contribution in [2.75, 3.05) is 13.7 Å². The average Bonchev–Trinajstić information content (AvgIpc) is 3.22. The average molecular weight is 476 g/mol. The minimum atomic E-state index is -0.576. The molecule has 0 fully saturated rings. The lowest BCUT2D eigenvalue weighted by atomic mass is 10.0. The van der Waals surface area contributed by atoms with Crippen LogP contribution in [0.1, 0.15) is 22.9 Å². The van der Waals surface area contributed by atoms with E-state index in [1.165, 1.54) is 17.7 Å². The predicted octanol–water partition coefficient (Wildman–Crippen LogP) is 3.05. The number of hydrogen-bond donors (Lipinski definition) is 0. The van der Waals surface area contributed by atoms with Crippen molar-refractivity contribution in [3.63, 3.8) is 0 Å². The van der Waals surface area contributed by atoms with Gasteiger partial charge in [0.2, 0.25) is 0 Å². The first-order valence-corrected chi connectivity index (χ1v) is 11.1. The molecule has 2 aromatic heterocycles. The van der Waals surface area contributed by atoms with Crippen LogP contribution in [0.5, 0.6) is 5.75 Å². The van der Waals surface area contributed by atoms with Crippen LogP contribution < -0.4 is 16.0 Å². The van der Waals surface area contributed by atoms with Gasteiger partial charge in [-0.1, -0.05) is 24.3 Å². The van der Waals surface area contributed by atoms with E-state index in [4.69, 9.17) is 9.47 Å². The first-order valence-electron chi connectivity index (χ1n) is 11.1. The molecule has 1 aliphatic rings. The topological polar surface area (TPSA) is 111 Å².